The Balaban J connectivity index is 1.47. The van der Waals surface area contributed by atoms with E-state index in [0.29, 0.717) is 25.3 Å². The molecule has 2 aromatic rings. The van der Waals surface area contributed by atoms with Gasteiger partial charge in [-0.2, -0.15) is 0 Å². The molecular formula is C23H23NO4. The van der Waals surface area contributed by atoms with Gasteiger partial charge >= 0.3 is 0 Å². The van der Waals surface area contributed by atoms with Crippen LogP contribution < -0.4 is 9.47 Å². The van der Waals surface area contributed by atoms with Gasteiger partial charge in [-0.25, -0.2) is 0 Å². The maximum Gasteiger partial charge on any atom is 0.254 e. The lowest BCUT2D eigenvalue weighted by atomic mass is 10.0. The zero-order chi connectivity index (χ0) is 19.3. The molecule has 0 aromatic heterocycles. The van der Waals surface area contributed by atoms with Gasteiger partial charge in [0.05, 0.1) is 26.1 Å². The van der Waals surface area contributed by atoms with Crippen LogP contribution in [0.15, 0.2) is 66.4 Å². The van der Waals surface area contributed by atoms with Crippen LogP contribution in [-0.4, -0.2) is 43.7 Å². The average Bonchev–Trinajstić information content (AvgIpc) is 2.96. The lowest BCUT2D eigenvalue weighted by Gasteiger charge is -2.33. The normalized spacial score (nSPS) is 18.5. The Morgan fingerprint density at radius 2 is 2.11 bits per heavy atom. The van der Waals surface area contributed by atoms with E-state index in [1.807, 2.05) is 53.4 Å². The van der Waals surface area contributed by atoms with Crippen molar-refractivity contribution in [1.29, 1.82) is 0 Å². The van der Waals surface area contributed by atoms with Gasteiger partial charge in [-0.05, 0) is 35.9 Å². The molecule has 2 aliphatic heterocycles. The molecule has 5 nitrogen and oxygen atoms in total. The van der Waals surface area contributed by atoms with E-state index >= 15 is 0 Å². The van der Waals surface area contributed by atoms with Gasteiger partial charge in [0.1, 0.15) is 11.5 Å². The van der Waals surface area contributed by atoms with E-state index in [-0.39, 0.29) is 12.0 Å². The summed E-state index contributed by atoms with van der Waals surface area (Å²) in [6.07, 6.45) is 5.89. The smallest absolute Gasteiger partial charge is 0.254 e. The lowest BCUT2D eigenvalue weighted by molar-refractivity contribution is -0.134. The Bertz CT molecular complexity index is 918. The average molecular weight is 377 g/mol. The third-order valence-electron chi connectivity index (χ3n) is 4.94. The SMILES string of the molecule is COc1cccc(CC2CN(C(=O)C3=Cc4ccccc4OC=C3)CCO2)c1. The fraction of sp³-hybridized carbons (Fsp3) is 0.261. The van der Waals surface area contributed by atoms with Gasteiger partial charge in [0.15, 0.2) is 0 Å². The Kier molecular flexibility index (Phi) is 5.44. The highest BCUT2D eigenvalue weighted by Gasteiger charge is 2.26. The molecule has 28 heavy (non-hydrogen) atoms. The molecule has 1 atom stereocenters. The van der Waals surface area contributed by atoms with E-state index in [1.54, 1.807) is 19.4 Å². The number of para-hydroxylation sites is 1. The molecule has 5 heteroatoms. The van der Waals surface area contributed by atoms with E-state index < -0.39 is 0 Å². The van der Waals surface area contributed by atoms with Gasteiger partial charge < -0.3 is 19.1 Å². The second-order valence-electron chi connectivity index (χ2n) is 6.86. The highest BCUT2D eigenvalue weighted by Crippen LogP contribution is 2.25. The monoisotopic (exact) mass is 377 g/mol. The number of benzene rings is 2. The summed E-state index contributed by atoms with van der Waals surface area (Å²) in [5.41, 5.74) is 2.65. The fourth-order valence-corrected chi connectivity index (χ4v) is 3.51. The first-order valence-electron chi connectivity index (χ1n) is 9.40. The third-order valence-corrected chi connectivity index (χ3v) is 4.94. The summed E-state index contributed by atoms with van der Waals surface area (Å²) in [4.78, 5) is 14.9. The van der Waals surface area contributed by atoms with E-state index in [1.165, 1.54) is 0 Å². The maximum absolute atomic E-state index is 13.1. The number of morpholine rings is 1. The molecule has 1 saturated heterocycles. The molecule has 2 aromatic carbocycles. The number of nitrogens with zero attached hydrogens (tertiary/aromatic N) is 1. The van der Waals surface area contributed by atoms with Crippen LogP contribution in [0.2, 0.25) is 0 Å². The molecule has 1 amide bonds. The highest BCUT2D eigenvalue weighted by atomic mass is 16.5. The maximum atomic E-state index is 13.1. The number of rotatable bonds is 4. The number of methoxy groups -OCH3 is 1. The van der Waals surface area contributed by atoms with Gasteiger partial charge in [0, 0.05) is 30.6 Å². The minimum atomic E-state index is -0.0382. The number of hydrogen-bond acceptors (Lipinski definition) is 4. The zero-order valence-electron chi connectivity index (χ0n) is 15.8. The minimum absolute atomic E-state index is 0.00417. The van der Waals surface area contributed by atoms with Crippen molar-refractivity contribution in [3.05, 3.63) is 77.6 Å². The Labute approximate surface area is 164 Å². The summed E-state index contributed by atoms with van der Waals surface area (Å²) in [5, 5.41) is 0. The van der Waals surface area contributed by atoms with Crippen LogP contribution in [0.3, 0.4) is 0 Å². The largest absolute Gasteiger partial charge is 0.497 e. The molecule has 0 radical (unpaired) electrons. The van der Waals surface area contributed by atoms with Gasteiger partial charge in [-0.15, -0.1) is 0 Å². The number of hydrogen-bond donors (Lipinski definition) is 0. The van der Waals surface area contributed by atoms with Crippen LogP contribution in [0.1, 0.15) is 11.1 Å². The molecular weight excluding hydrogens is 354 g/mol. The van der Waals surface area contributed by atoms with Crippen LogP contribution in [0.5, 0.6) is 11.5 Å². The predicted octanol–water partition coefficient (Wildman–Crippen LogP) is 3.45. The first kappa shape index (κ1) is 18.3. The van der Waals surface area contributed by atoms with Gasteiger partial charge in [0.2, 0.25) is 0 Å². The van der Waals surface area contributed by atoms with Gasteiger partial charge in [0.25, 0.3) is 5.91 Å². The summed E-state index contributed by atoms with van der Waals surface area (Å²) in [5.74, 6) is 1.57. The topological polar surface area (TPSA) is 48.0 Å². The first-order chi connectivity index (χ1) is 13.7. The second kappa shape index (κ2) is 8.31. The number of carbonyl (C=O) groups is 1. The zero-order valence-corrected chi connectivity index (χ0v) is 15.8. The summed E-state index contributed by atoms with van der Waals surface area (Å²) in [7, 11) is 1.66. The fourth-order valence-electron chi connectivity index (χ4n) is 3.51. The van der Waals surface area contributed by atoms with Crippen molar-refractivity contribution in [2.45, 2.75) is 12.5 Å². The van der Waals surface area contributed by atoms with Crippen molar-refractivity contribution in [3.8, 4) is 11.5 Å². The Morgan fingerprint density at radius 3 is 3.00 bits per heavy atom. The molecule has 0 bridgehead atoms. The molecule has 144 valence electrons. The van der Waals surface area contributed by atoms with Crippen molar-refractivity contribution in [2.24, 2.45) is 0 Å². The summed E-state index contributed by atoms with van der Waals surface area (Å²) < 4.78 is 16.8. The van der Waals surface area contributed by atoms with Crippen molar-refractivity contribution in [2.75, 3.05) is 26.8 Å². The summed E-state index contributed by atoms with van der Waals surface area (Å²) >= 11 is 0. The molecule has 2 aliphatic rings. The van der Waals surface area contributed by atoms with Crippen molar-refractivity contribution in [3.63, 3.8) is 0 Å². The highest BCUT2D eigenvalue weighted by molar-refractivity contribution is 6.01. The number of fused-ring (bicyclic) bond motifs is 1. The van der Waals surface area contributed by atoms with Crippen LogP contribution in [-0.2, 0) is 16.0 Å². The van der Waals surface area contributed by atoms with Crippen LogP contribution >= 0.6 is 0 Å². The van der Waals surface area contributed by atoms with E-state index in [2.05, 4.69) is 6.07 Å². The van der Waals surface area contributed by atoms with E-state index in [0.717, 1.165) is 29.0 Å². The first-order valence-corrected chi connectivity index (χ1v) is 9.40. The van der Waals surface area contributed by atoms with E-state index in [9.17, 15) is 4.79 Å². The minimum Gasteiger partial charge on any atom is -0.497 e. The molecule has 0 spiro atoms. The molecule has 4 rings (SSSR count). The van der Waals surface area contributed by atoms with Crippen LogP contribution in [0, 0.1) is 0 Å². The Hall–Kier alpha value is -3.05. The van der Waals surface area contributed by atoms with Crippen molar-refractivity contribution >= 4 is 12.0 Å². The summed E-state index contributed by atoms with van der Waals surface area (Å²) in [6.45, 7) is 1.68. The molecule has 1 fully saturated rings. The van der Waals surface area contributed by atoms with E-state index in [4.69, 9.17) is 14.2 Å². The standard InChI is InChI=1S/C23H23NO4/c1-26-20-7-4-5-17(13-20)14-21-16-24(10-12-27-21)23(25)19-9-11-28-22-8-3-2-6-18(22)15-19/h2-9,11,13,15,21H,10,12,14,16H2,1H3. The predicted molar refractivity (Wildman–Crippen MR) is 107 cm³/mol. The molecule has 0 aliphatic carbocycles. The van der Waals surface area contributed by atoms with Crippen LogP contribution in [0.4, 0.5) is 0 Å². The van der Waals surface area contributed by atoms with Crippen molar-refractivity contribution in [1.82, 2.24) is 4.90 Å². The van der Waals surface area contributed by atoms with Gasteiger partial charge in [-0.3, -0.25) is 4.79 Å². The second-order valence-corrected chi connectivity index (χ2v) is 6.86. The lowest BCUT2D eigenvalue weighted by Crippen LogP contribution is -2.46. The van der Waals surface area contributed by atoms with Gasteiger partial charge in [-0.1, -0.05) is 30.3 Å². The molecule has 0 N–H and O–H groups in total. The number of carbonyl (C=O) groups excluding carboxylic acids is 1. The molecule has 2 heterocycles. The van der Waals surface area contributed by atoms with Crippen LogP contribution in [0.25, 0.3) is 6.08 Å². The molecule has 0 saturated carbocycles. The van der Waals surface area contributed by atoms with Crippen molar-refractivity contribution < 1.29 is 19.0 Å². The third kappa shape index (κ3) is 4.10. The molecule has 1 unspecified atom stereocenters. The number of amides is 1. The Morgan fingerprint density at radius 1 is 1.21 bits per heavy atom. The number of ether oxygens (including phenoxy) is 3. The quantitative estimate of drug-likeness (QED) is 0.819. The summed E-state index contributed by atoms with van der Waals surface area (Å²) in [6, 6.07) is 15.6.